The number of aryl methyl sites for hydroxylation is 1. The number of hydrogen-bond acceptors (Lipinski definition) is 4. The molecule has 0 amide bonds. The number of oxime groups is 1. The summed E-state index contributed by atoms with van der Waals surface area (Å²) >= 11 is 0. The number of nitrogens with two attached hydrogens (primary N) is 1. The second kappa shape index (κ2) is 7.63. The molecular formula is C14H22N2O3. The number of nitrogens with zero attached hydrogens (tertiary/aromatic N) is 1. The van der Waals surface area contributed by atoms with Crippen LogP contribution in [-0.2, 0) is 4.74 Å². The van der Waals surface area contributed by atoms with Gasteiger partial charge in [-0.25, -0.2) is 0 Å². The minimum absolute atomic E-state index is 0.0703. The van der Waals surface area contributed by atoms with E-state index >= 15 is 0 Å². The predicted octanol–water partition coefficient (Wildman–Crippen LogP) is 2.14. The maximum absolute atomic E-state index is 8.65. The zero-order chi connectivity index (χ0) is 14.3. The molecule has 0 aliphatic heterocycles. The number of hydrogen-bond donors (Lipinski definition) is 2. The maximum atomic E-state index is 8.65. The zero-order valence-corrected chi connectivity index (χ0v) is 11.7. The van der Waals surface area contributed by atoms with Crippen LogP contribution in [0.4, 0.5) is 0 Å². The van der Waals surface area contributed by atoms with Crippen molar-refractivity contribution in [3.8, 4) is 5.75 Å². The lowest BCUT2D eigenvalue weighted by Gasteiger charge is -2.11. The van der Waals surface area contributed by atoms with Crippen molar-refractivity contribution in [1.82, 2.24) is 0 Å². The molecule has 5 heteroatoms. The Balaban J connectivity index is 2.53. The molecule has 5 nitrogen and oxygen atoms in total. The number of rotatable bonds is 7. The van der Waals surface area contributed by atoms with E-state index in [-0.39, 0.29) is 5.84 Å². The van der Waals surface area contributed by atoms with Gasteiger partial charge in [0.05, 0.1) is 6.61 Å². The van der Waals surface area contributed by atoms with E-state index in [4.69, 9.17) is 20.4 Å². The molecule has 0 heterocycles. The first-order valence-electron chi connectivity index (χ1n) is 6.33. The van der Waals surface area contributed by atoms with Crippen LogP contribution >= 0.6 is 0 Å². The topological polar surface area (TPSA) is 77.1 Å². The normalized spacial score (nSPS) is 11.9. The van der Waals surface area contributed by atoms with Crippen LogP contribution in [-0.4, -0.2) is 30.9 Å². The molecule has 0 unspecified atom stereocenters. The van der Waals surface area contributed by atoms with Crippen molar-refractivity contribution in [3.05, 3.63) is 29.3 Å². The minimum atomic E-state index is 0.0703. The summed E-state index contributed by atoms with van der Waals surface area (Å²) in [6.45, 7) is 7.91. The summed E-state index contributed by atoms with van der Waals surface area (Å²) in [5.41, 5.74) is 7.17. The van der Waals surface area contributed by atoms with Crippen LogP contribution in [0.25, 0.3) is 0 Å². The van der Waals surface area contributed by atoms with E-state index in [2.05, 4.69) is 19.0 Å². The summed E-state index contributed by atoms with van der Waals surface area (Å²) in [6, 6.07) is 5.41. The van der Waals surface area contributed by atoms with E-state index < -0.39 is 0 Å². The molecule has 0 fully saturated rings. The summed E-state index contributed by atoms with van der Waals surface area (Å²) in [5, 5.41) is 11.6. The second-order valence-electron chi connectivity index (χ2n) is 4.78. The first-order chi connectivity index (χ1) is 9.04. The van der Waals surface area contributed by atoms with E-state index in [1.165, 1.54) is 0 Å². The molecule has 0 atom stereocenters. The Bertz CT molecular complexity index is 431. The quantitative estimate of drug-likeness (QED) is 0.260. The molecule has 1 aromatic rings. The molecule has 0 aliphatic carbocycles. The summed E-state index contributed by atoms with van der Waals surface area (Å²) in [5.74, 6) is 1.31. The zero-order valence-electron chi connectivity index (χ0n) is 11.7. The van der Waals surface area contributed by atoms with Gasteiger partial charge < -0.3 is 20.4 Å². The van der Waals surface area contributed by atoms with Gasteiger partial charge in [0.25, 0.3) is 0 Å². The molecule has 0 radical (unpaired) electrons. The van der Waals surface area contributed by atoms with Gasteiger partial charge >= 0.3 is 0 Å². The Morgan fingerprint density at radius 1 is 1.37 bits per heavy atom. The van der Waals surface area contributed by atoms with E-state index in [0.29, 0.717) is 24.7 Å². The summed E-state index contributed by atoms with van der Waals surface area (Å²) < 4.78 is 11.1. The maximum Gasteiger partial charge on any atom is 0.170 e. The van der Waals surface area contributed by atoms with Crippen molar-refractivity contribution in [3.63, 3.8) is 0 Å². The molecule has 0 saturated heterocycles. The van der Waals surface area contributed by atoms with Crippen molar-refractivity contribution in [2.24, 2.45) is 16.8 Å². The highest BCUT2D eigenvalue weighted by molar-refractivity contribution is 5.97. The van der Waals surface area contributed by atoms with Gasteiger partial charge in [0.2, 0.25) is 0 Å². The molecule has 1 aromatic carbocycles. The minimum Gasteiger partial charge on any atom is -0.491 e. The van der Waals surface area contributed by atoms with E-state index in [9.17, 15) is 0 Å². The standard InChI is InChI=1S/C14H22N2O3/c1-10(2)9-18-6-7-19-13-8-12(14(15)16-17)5-4-11(13)3/h4-5,8,10,17H,6-7,9H2,1-3H3,(H2,15,16). The van der Waals surface area contributed by atoms with Crippen LogP contribution in [0, 0.1) is 12.8 Å². The van der Waals surface area contributed by atoms with Crippen LogP contribution in [0.15, 0.2) is 23.4 Å². The molecule has 1 rings (SSSR count). The van der Waals surface area contributed by atoms with Crippen LogP contribution in [0.3, 0.4) is 0 Å². The number of ether oxygens (including phenoxy) is 2. The molecule has 0 aromatic heterocycles. The highest BCUT2D eigenvalue weighted by Gasteiger charge is 2.05. The highest BCUT2D eigenvalue weighted by Crippen LogP contribution is 2.19. The van der Waals surface area contributed by atoms with Gasteiger partial charge in [0, 0.05) is 12.2 Å². The average Bonchev–Trinajstić information content (AvgIpc) is 2.39. The molecule has 0 spiro atoms. The fourth-order valence-corrected chi connectivity index (χ4v) is 1.50. The van der Waals surface area contributed by atoms with E-state index in [1.807, 2.05) is 13.0 Å². The summed E-state index contributed by atoms with van der Waals surface area (Å²) in [6.07, 6.45) is 0. The van der Waals surface area contributed by atoms with Crippen LogP contribution in [0.1, 0.15) is 25.0 Å². The Hall–Kier alpha value is -1.75. The monoisotopic (exact) mass is 266 g/mol. The first kappa shape index (κ1) is 15.3. The van der Waals surface area contributed by atoms with Crippen LogP contribution < -0.4 is 10.5 Å². The second-order valence-corrected chi connectivity index (χ2v) is 4.78. The largest absolute Gasteiger partial charge is 0.491 e. The third kappa shape index (κ3) is 5.18. The van der Waals surface area contributed by atoms with Crippen molar-refractivity contribution in [1.29, 1.82) is 0 Å². The van der Waals surface area contributed by atoms with Crippen molar-refractivity contribution < 1.29 is 14.7 Å². The van der Waals surface area contributed by atoms with Gasteiger partial charge in [-0.3, -0.25) is 0 Å². The molecule has 0 saturated carbocycles. The van der Waals surface area contributed by atoms with Crippen molar-refractivity contribution in [2.75, 3.05) is 19.8 Å². The molecule has 106 valence electrons. The van der Waals surface area contributed by atoms with E-state index in [1.54, 1.807) is 12.1 Å². The SMILES string of the molecule is Cc1ccc(/C(N)=N/O)cc1OCCOCC(C)C. The smallest absolute Gasteiger partial charge is 0.170 e. The molecule has 3 N–H and O–H groups in total. The average molecular weight is 266 g/mol. The van der Waals surface area contributed by atoms with Crippen LogP contribution in [0.2, 0.25) is 0 Å². The Morgan fingerprint density at radius 3 is 2.74 bits per heavy atom. The molecule has 0 aliphatic rings. The Labute approximate surface area is 114 Å². The van der Waals surface area contributed by atoms with Crippen LogP contribution in [0.5, 0.6) is 5.75 Å². The lowest BCUT2D eigenvalue weighted by molar-refractivity contribution is 0.0817. The summed E-state index contributed by atoms with van der Waals surface area (Å²) in [4.78, 5) is 0. The first-order valence-corrected chi connectivity index (χ1v) is 6.33. The number of benzene rings is 1. The fraction of sp³-hybridized carbons (Fsp3) is 0.500. The highest BCUT2D eigenvalue weighted by atomic mass is 16.5. The van der Waals surface area contributed by atoms with Gasteiger partial charge in [-0.1, -0.05) is 31.1 Å². The lowest BCUT2D eigenvalue weighted by Crippen LogP contribution is -2.14. The Kier molecular flexibility index (Phi) is 6.15. The van der Waals surface area contributed by atoms with Gasteiger partial charge in [-0.2, -0.15) is 0 Å². The number of amidine groups is 1. The third-order valence-electron chi connectivity index (χ3n) is 2.53. The van der Waals surface area contributed by atoms with Gasteiger partial charge in [0.1, 0.15) is 12.4 Å². The van der Waals surface area contributed by atoms with Crippen molar-refractivity contribution >= 4 is 5.84 Å². The fourth-order valence-electron chi connectivity index (χ4n) is 1.50. The van der Waals surface area contributed by atoms with Gasteiger partial charge in [0.15, 0.2) is 5.84 Å². The van der Waals surface area contributed by atoms with Gasteiger partial charge in [-0.05, 0) is 24.5 Å². The molecular weight excluding hydrogens is 244 g/mol. The van der Waals surface area contributed by atoms with E-state index in [0.717, 1.165) is 17.9 Å². The predicted molar refractivity (Wildman–Crippen MR) is 74.8 cm³/mol. The van der Waals surface area contributed by atoms with Gasteiger partial charge in [-0.15, -0.1) is 0 Å². The molecule has 0 bridgehead atoms. The third-order valence-corrected chi connectivity index (χ3v) is 2.53. The Morgan fingerprint density at radius 2 is 2.11 bits per heavy atom. The van der Waals surface area contributed by atoms with Crippen molar-refractivity contribution in [2.45, 2.75) is 20.8 Å². The summed E-state index contributed by atoms with van der Waals surface area (Å²) in [7, 11) is 0. The lowest BCUT2D eigenvalue weighted by atomic mass is 10.1. The molecule has 19 heavy (non-hydrogen) atoms.